The molecule has 0 aromatic carbocycles. The lowest BCUT2D eigenvalue weighted by molar-refractivity contribution is -0.148. The number of hydrogen-bond donors (Lipinski definition) is 2. The summed E-state index contributed by atoms with van der Waals surface area (Å²) in [5, 5.41) is 8.82. The van der Waals surface area contributed by atoms with Crippen molar-refractivity contribution in [3.63, 3.8) is 0 Å². The van der Waals surface area contributed by atoms with Gasteiger partial charge in [-0.1, -0.05) is 6.42 Å². The lowest BCUT2D eigenvalue weighted by Crippen LogP contribution is -2.49. The predicted octanol–water partition coefficient (Wildman–Crippen LogP) is 0.228. The standard InChI is InChI=1S/C7H12N2O2/c1-9-5(8)7(6(10)11)3-2-4-7/h2-4H2,1H3,(H2,8,9)(H,10,11). The third kappa shape index (κ3) is 0.982. The second-order valence-electron chi connectivity index (χ2n) is 2.85. The van der Waals surface area contributed by atoms with E-state index in [1.54, 1.807) is 0 Å². The molecule has 1 rings (SSSR count). The van der Waals surface area contributed by atoms with E-state index in [-0.39, 0.29) is 5.84 Å². The number of nitrogens with zero attached hydrogens (tertiary/aromatic N) is 1. The molecule has 1 fully saturated rings. The first-order valence-electron chi connectivity index (χ1n) is 3.59. The molecule has 0 aromatic heterocycles. The van der Waals surface area contributed by atoms with E-state index in [1.165, 1.54) is 7.05 Å². The van der Waals surface area contributed by atoms with Gasteiger partial charge in [0.15, 0.2) is 0 Å². The first-order chi connectivity index (χ1) is 5.13. The molecular formula is C7H12N2O2. The molecule has 0 aliphatic heterocycles. The fourth-order valence-electron chi connectivity index (χ4n) is 1.32. The van der Waals surface area contributed by atoms with Crippen molar-refractivity contribution in [2.45, 2.75) is 19.3 Å². The molecule has 0 atom stereocenters. The van der Waals surface area contributed by atoms with E-state index in [9.17, 15) is 4.79 Å². The number of hydrogen-bond acceptors (Lipinski definition) is 2. The van der Waals surface area contributed by atoms with Crippen molar-refractivity contribution < 1.29 is 9.90 Å². The quantitative estimate of drug-likeness (QED) is 0.444. The molecule has 3 N–H and O–H groups in total. The molecule has 0 amide bonds. The fraction of sp³-hybridized carbons (Fsp3) is 0.714. The molecule has 62 valence electrons. The SMILES string of the molecule is CN=C(N)C1(C(=O)O)CCC1. The number of rotatable bonds is 2. The third-order valence-electron chi connectivity index (χ3n) is 2.35. The van der Waals surface area contributed by atoms with E-state index >= 15 is 0 Å². The predicted molar refractivity (Wildman–Crippen MR) is 41.5 cm³/mol. The highest BCUT2D eigenvalue weighted by molar-refractivity contribution is 6.04. The number of aliphatic carboxylic acids is 1. The van der Waals surface area contributed by atoms with Gasteiger partial charge in [-0.05, 0) is 12.8 Å². The van der Waals surface area contributed by atoms with E-state index in [1.807, 2.05) is 0 Å². The number of carbonyl (C=O) groups is 1. The van der Waals surface area contributed by atoms with Crippen molar-refractivity contribution in [1.82, 2.24) is 0 Å². The number of nitrogens with two attached hydrogens (primary N) is 1. The van der Waals surface area contributed by atoms with Crippen LogP contribution in [-0.4, -0.2) is 24.0 Å². The van der Waals surface area contributed by atoms with Gasteiger partial charge in [0.1, 0.15) is 11.3 Å². The normalized spacial score (nSPS) is 22.5. The highest BCUT2D eigenvalue weighted by atomic mass is 16.4. The molecule has 0 spiro atoms. The molecule has 0 bridgehead atoms. The Bertz CT molecular complexity index is 206. The fourth-order valence-corrected chi connectivity index (χ4v) is 1.32. The molecule has 0 unspecified atom stereocenters. The number of carboxylic acid groups (broad SMARTS) is 1. The van der Waals surface area contributed by atoms with Crippen LogP contribution in [0.4, 0.5) is 0 Å². The van der Waals surface area contributed by atoms with Crippen LogP contribution in [0.2, 0.25) is 0 Å². The van der Waals surface area contributed by atoms with E-state index in [0.717, 1.165) is 6.42 Å². The smallest absolute Gasteiger partial charge is 0.317 e. The summed E-state index contributed by atoms with van der Waals surface area (Å²) in [5.74, 6) is -0.580. The van der Waals surface area contributed by atoms with E-state index < -0.39 is 11.4 Å². The van der Waals surface area contributed by atoms with Crippen molar-refractivity contribution in [2.24, 2.45) is 16.1 Å². The minimum absolute atomic E-state index is 0.260. The Morgan fingerprint density at radius 1 is 1.64 bits per heavy atom. The Morgan fingerprint density at radius 3 is 2.27 bits per heavy atom. The molecule has 1 aliphatic carbocycles. The summed E-state index contributed by atoms with van der Waals surface area (Å²) in [4.78, 5) is 14.5. The van der Waals surface area contributed by atoms with E-state index in [4.69, 9.17) is 10.8 Å². The molecule has 0 saturated heterocycles. The highest BCUT2D eigenvalue weighted by Crippen LogP contribution is 2.41. The molecule has 0 radical (unpaired) electrons. The molecule has 0 aromatic rings. The topological polar surface area (TPSA) is 75.7 Å². The minimum atomic E-state index is -0.841. The Kier molecular flexibility index (Phi) is 1.85. The zero-order valence-electron chi connectivity index (χ0n) is 6.50. The van der Waals surface area contributed by atoms with Gasteiger partial charge in [-0.15, -0.1) is 0 Å². The van der Waals surface area contributed by atoms with Crippen LogP contribution in [0, 0.1) is 5.41 Å². The van der Waals surface area contributed by atoms with Crippen molar-refractivity contribution >= 4 is 11.8 Å². The molecule has 4 heteroatoms. The molecule has 1 aliphatic rings. The summed E-state index contributed by atoms with van der Waals surface area (Å²) in [5.41, 5.74) is 4.66. The Hall–Kier alpha value is -1.06. The number of aliphatic imine (C=N–C) groups is 1. The molecular weight excluding hydrogens is 144 g/mol. The van der Waals surface area contributed by atoms with E-state index in [0.29, 0.717) is 12.8 Å². The molecule has 11 heavy (non-hydrogen) atoms. The van der Waals surface area contributed by atoms with Crippen molar-refractivity contribution in [3.05, 3.63) is 0 Å². The average molecular weight is 156 g/mol. The molecule has 0 heterocycles. The maximum Gasteiger partial charge on any atom is 0.317 e. The summed E-state index contributed by atoms with van der Waals surface area (Å²) in [7, 11) is 1.53. The Balaban J connectivity index is 2.84. The van der Waals surface area contributed by atoms with Crippen LogP contribution >= 0.6 is 0 Å². The summed E-state index contributed by atoms with van der Waals surface area (Å²) >= 11 is 0. The van der Waals surface area contributed by atoms with Gasteiger partial charge in [0.2, 0.25) is 0 Å². The van der Waals surface area contributed by atoms with Crippen molar-refractivity contribution in [1.29, 1.82) is 0 Å². The Labute approximate surface area is 65.1 Å². The minimum Gasteiger partial charge on any atom is -0.480 e. The van der Waals surface area contributed by atoms with Crippen LogP contribution < -0.4 is 5.73 Å². The van der Waals surface area contributed by atoms with Gasteiger partial charge < -0.3 is 10.8 Å². The first-order valence-corrected chi connectivity index (χ1v) is 3.59. The third-order valence-corrected chi connectivity index (χ3v) is 2.35. The molecule has 1 saturated carbocycles. The van der Waals surface area contributed by atoms with Gasteiger partial charge in [-0.25, -0.2) is 0 Å². The van der Waals surface area contributed by atoms with Gasteiger partial charge in [0.05, 0.1) is 0 Å². The van der Waals surface area contributed by atoms with Crippen LogP contribution in [0.5, 0.6) is 0 Å². The van der Waals surface area contributed by atoms with Gasteiger partial charge in [-0.3, -0.25) is 9.79 Å². The highest BCUT2D eigenvalue weighted by Gasteiger charge is 2.47. The van der Waals surface area contributed by atoms with Crippen molar-refractivity contribution in [3.8, 4) is 0 Å². The van der Waals surface area contributed by atoms with Crippen LogP contribution in [0.1, 0.15) is 19.3 Å². The van der Waals surface area contributed by atoms with Gasteiger partial charge in [0, 0.05) is 7.05 Å². The lowest BCUT2D eigenvalue weighted by atomic mass is 9.68. The zero-order valence-corrected chi connectivity index (χ0v) is 6.50. The van der Waals surface area contributed by atoms with Crippen LogP contribution in [-0.2, 0) is 4.79 Å². The largest absolute Gasteiger partial charge is 0.480 e. The first kappa shape index (κ1) is 8.04. The van der Waals surface area contributed by atoms with Crippen molar-refractivity contribution in [2.75, 3.05) is 7.05 Å². The molecule has 4 nitrogen and oxygen atoms in total. The lowest BCUT2D eigenvalue weighted by Gasteiger charge is -2.36. The number of carboxylic acids is 1. The Morgan fingerprint density at radius 2 is 2.18 bits per heavy atom. The summed E-state index contributed by atoms with van der Waals surface area (Å²) in [6, 6.07) is 0. The van der Waals surface area contributed by atoms with Crippen LogP contribution in [0.25, 0.3) is 0 Å². The second kappa shape index (κ2) is 2.53. The summed E-state index contributed by atoms with van der Waals surface area (Å²) in [6.07, 6.45) is 2.19. The number of amidine groups is 1. The van der Waals surface area contributed by atoms with Gasteiger partial charge in [0.25, 0.3) is 0 Å². The van der Waals surface area contributed by atoms with Crippen LogP contribution in [0.15, 0.2) is 4.99 Å². The van der Waals surface area contributed by atoms with Gasteiger partial charge in [-0.2, -0.15) is 0 Å². The summed E-state index contributed by atoms with van der Waals surface area (Å²) < 4.78 is 0. The maximum absolute atomic E-state index is 10.7. The van der Waals surface area contributed by atoms with Crippen LogP contribution in [0.3, 0.4) is 0 Å². The maximum atomic E-state index is 10.7. The summed E-state index contributed by atoms with van der Waals surface area (Å²) in [6.45, 7) is 0. The monoisotopic (exact) mass is 156 g/mol. The average Bonchev–Trinajstić information content (AvgIpc) is 1.84. The van der Waals surface area contributed by atoms with Gasteiger partial charge >= 0.3 is 5.97 Å². The second-order valence-corrected chi connectivity index (χ2v) is 2.85. The van der Waals surface area contributed by atoms with E-state index in [2.05, 4.69) is 4.99 Å². The zero-order chi connectivity index (χ0) is 8.48.